The van der Waals surface area contributed by atoms with E-state index in [9.17, 15) is 34.4 Å². The van der Waals surface area contributed by atoms with Crippen molar-refractivity contribution in [3.63, 3.8) is 0 Å². The minimum Gasteiger partial charge on any atom is -0.510 e. The first-order chi connectivity index (χ1) is 15.4. The number of halogens is 1. The summed E-state index contributed by atoms with van der Waals surface area (Å²) < 4.78 is 14.8. The van der Waals surface area contributed by atoms with Gasteiger partial charge in [0.25, 0.3) is 5.91 Å². The van der Waals surface area contributed by atoms with Crippen LogP contribution < -0.4 is 11.5 Å². The number of aliphatic hydroxyl groups excluding tert-OH is 2. The number of fused-ring (bicyclic) bond motifs is 3. The molecule has 0 saturated heterocycles. The number of Topliss-reactive ketones (excluding diaryl/α,β-unsaturated/α-hetero) is 1. The maximum Gasteiger partial charge on any atom is 0.254 e. The quantitative estimate of drug-likeness (QED) is 0.331. The Morgan fingerprint density at radius 1 is 1.33 bits per heavy atom. The Hall–Kier alpha value is -3.28. The Kier molecular flexibility index (Phi) is 5.11. The van der Waals surface area contributed by atoms with E-state index in [4.69, 9.17) is 16.9 Å². The van der Waals surface area contributed by atoms with Crippen LogP contribution in [0, 0.1) is 23.1 Å². The minimum absolute atomic E-state index is 0.00693. The summed E-state index contributed by atoms with van der Waals surface area (Å²) >= 11 is 0. The molecule has 0 radical (unpaired) electrons. The van der Waals surface area contributed by atoms with Crippen molar-refractivity contribution >= 4 is 17.4 Å². The van der Waals surface area contributed by atoms with E-state index in [1.54, 1.807) is 14.1 Å². The molecule has 1 aromatic carbocycles. The zero-order valence-electron chi connectivity index (χ0n) is 18.0. The Morgan fingerprint density at radius 3 is 2.52 bits per heavy atom. The van der Waals surface area contributed by atoms with Crippen molar-refractivity contribution in [2.45, 2.75) is 31.0 Å². The third-order valence-electron chi connectivity index (χ3n) is 7.02. The number of aromatic hydroxyl groups is 1. The van der Waals surface area contributed by atoms with Crippen molar-refractivity contribution in [2.24, 2.45) is 23.3 Å². The highest BCUT2D eigenvalue weighted by Gasteiger charge is 2.61. The average Bonchev–Trinajstić information content (AvgIpc) is 2.72. The molecule has 33 heavy (non-hydrogen) atoms. The maximum absolute atomic E-state index is 14.8. The van der Waals surface area contributed by atoms with Crippen LogP contribution in [0.2, 0.25) is 0 Å². The van der Waals surface area contributed by atoms with Crippen molar-refractivity contribution in [3.8, 4) is 5.75 Å². The van der Waals surface area contributed by atoms with Gasteiger partial charge in [0.1, 0.15) is 28.7 Å². The number of likely N-dealkylation sites (N-methyl/N-ethyl adjacent to an activating group) is 1. The second-order valence-corrected chi connectivity index (χ2v) is 8.93. The number of amides is 1. The number of hydrogen-bond donors (Lipinski definition) is 7. The number of rotatable bonds is 3. The van der Waals surface area contributed by atoms with Crippen LogP contribution >= 0.6 is 0 Å². The lowest BCUT2D eigenvalue weighted by atomic mass is 9.58. The van der Waals surface area contributed by atoms with E-state index in [-0.39, 0.29) is 41.6 Å². The van der Waals surface area contributed by atoms with Crippen molar-refractivity contribution in [1.29, 1.82) is 5.41 Å². The van der Waals surface area contributed by atoms with Gasteiger partial charge in [-0.25, -0.2) is 4.39 Å². The van der Waals surface area contributed by atoms with Crippen LogP contribution in [0.3, 0.4) is 0 Å². The summed E-state index contributed by atoms with van der Waals surface area (Å²) in [5, 5.41) is 52.5. The second-order valence-electron chi connectivity index (χ2n) is 8.93. The summed E-state index contributed by atoms with van der Waals surface area (Å²) in [5.74, 6) is -6.53. The molecule has 0 fully saturated rings. The summed E-state index contributed by atoms with van der Waals surface area (Å²) in [7, 11) is 3.14. The van der Waals surface area contributed by atoms with Gasteiger partial charge in [-0.15, -0.1) is 0 Å². The first-order valence-corrected chi connectivity index (χ1v) is 10.3. The highest BCUT2D eigenvalue weighted by molar-refractivity contribution is 6.26. The summed E-state index contributed by atoms with van der Waals surface area (Å²) in [6.07, 6.45) is -0.0980. The van der Waals surface area contributed by atoms with E-state index < -0.39 is 69.5 Å². The number of aliphatic hydroxyl groups is 3. The van der Waals surface area contributed by atoms with Gasteiger partial charge < -0.3 is 37.3 Å². The molecule has 0 bridgehead atoms. The Morgan fingerprint density at radius 2 is 1.97 bits per heavy atom. The molecule has 11 heteroatoms. The molecule has 4 atom stereocenters. The van der Waals surface area contributed by atoms with E-state index in [1.807, 2.05) is 0 Å². The van der Waals surface area contributed by atoms with Crippen LogP contribution in [0.15, 0.2) is 28.7 Å². The second kappa shape index (κ2) is 7.37. The van der Waals surface area contributed by atoms with Gasteiger partial charge in [0, 0.05) is 29.2 Å². The Balaban J connectivity index is 1.98. The SMILES string of the molecule is CN(C)[C@@H]1C(O)=C(C(N)=O)C(=N)[C@@]2(O)C(O)=C3C(=O)c4c(O)c(CN)cc(F)c4C[C@H]3C[C@@H]12. The predicted octanol–water partition coefficient (Wildman–Crippen LogP) is 0.169. The van der Waals surface area contributed by atoms with Crippen molar-refractivity contribution in [1.82, 2.24) is 4.90 Å². The van der Waals surface area contributed by atoms with E-state index >= 15 is 0 Å². The maximum atomic E-state index is 14.8. The first-order valence-electron chi connectivity index (χ1n) is 10.3. The van der Waals surface area contributed by atoms with Gasteiger partial charge in [-0.1, -0.05) is 0 Å². The molecule has 0 heterocycles. The third-order valence-corrected chi connectivity index (χ3v) is 7.02. The highest BCUT2D eigenvalue weighted by atomic mass is 19.1. The first kappa shape index (κ1) is 22.9. The molecule has 1 amide bonds. The number of benzene rings is 1. The minimum atomic E-state index is -2.51. The molecule has 9 N–H and O–H groups in total. The van der Waals surface area contributed by atoms with E-state index in [0.29, 0.717) is 0 Å². The number of allylic oxidation sites excluding steroid dienone is 1. The van der Waals surface area contributed by atoms with Gasteiger partial charge >= 0.3 is 0 Å². The van der Waals surface area contributed by atoms with E-state index in [0.717, 1.165) is 6.07 Å². The topological polar surface area (TPSA) is 194 Å². The van der Waals surface area contributed by atoms with E-state index in [2.05, 4.69) is 0 Å². The number of phenolic OH excluding ortho intramolecular Hbond substituents is 1. The molecular formula is C22H25FN4O6. The van der Waals surface area contributed by atoms with E-state index in [1.165, 1.54) is 4.90 Å². The summed E-state index contributed by atoms with van der Waals surface area (Å²) in [6.45, 7) is -0.231. The van der Waals surface area contributed by atoms with Gasteiger partial charge in [0.05, 0.1) is 17.3 Å². The van der Waals surface area contributed by atoms with Gasteiger partial charge in [-0.2, -0.15) is 0 Å². The lowest BCUT2D eigenvalue weighted by Crippen LogP contribution is -2.63. The molecule has 0 unspecified atom stereocenters. The molecule has 1 aromatic rings. The van der Waals surface area contributed by atoms with Crippen LogP contribution in [0.4, 0.5) is 4.39 Å². The fourth-order valence-electron chi connectivity index (χ4n) is 5.53. The fourth-order valence-corrected chi connectivity index (χ4v) is 5.53. The van der Waals surface area contributed by atoms with Gasteiger partial charge in [0.15, 0.2) is 11.4 Å². The molecule has 4 rings (SSSR count). The molecule has 0 spiro atoms. The lowest BCUT2D eigenvalue weighted by molar-refractivity contribution is -0.114. The van der Waals surface area contributed by atoms with Crippen molar-refractivity contribution in [2.75, 3.05) is 14.1 Å². The fraction of sp³-hybridized carbons (Fsp3) is 0.409. The van der Waals surface area contributed by atoms with Crippen LogP contribution in [0.5, 0.6) is 5.75 Å². The third kappa shape index (κ3) is 2.86. The van der Waals surface area contributed by atoms with Crippen molar-refractivity contribution in [3.05, 3.63) is 51.2 Å². The van der Waals surface area contributed by atoms with Gasteiger partial charge in [-0.3, -0.25) is 14.5 Å². The number of phenols is 1. The highest BCUT2D eigenvalue weighted by Crippen LogP contribution is 2.52. The number of nitrogens with one attached hydrogen (secondary N) is 1. The predicted molar refractivity (Wildman–Crippen MR) is 114 cm³/mol. The number of carbonyl (C=O) groups is 2. The zero-order chi connectivity index (χ0) is 24.6. The summed E-state index contributed by atoms with van der Waals surface area (Å²) in [5.41, 5.74) is 6.24. The molecular weight excluding hydrogens is 435 g/mol. The van der Waals surface area contributed by atoms with Gasteiger partial charge in [-0.05, 0) is 38.9 Å². The summed E-state index contributed by atoms with van der Waals surface area (Å²) in [4.78, 5) is 26.9. The Bertz CT molecular complexity index is 1190. The van der Waals surface area contributed by atoms with Crippen LogP contribution in [-0.4, -0.2) is 68.5 Å². The number of nitrogens with two attached hydrogens (primary N) is 2. The molecule has 3 aliphatic carbocycles. The monoisotopic (exact) mass is 460 g/mol. The molecule has 176 valence electrons. The number of primary amides is 1. The molecule has 10 nitrogen and oxygen atoms in total. The summed E-state index contributed by atoms with van der Waals surface area (Å²) in [6, 6.07) is 0.0339. The Labute approximate surface area is 188 Å². The number of nitrogens with zero attached hydrogens (tertiary/aromatic N) is 1. The average molecular weight is 460 g/mol. The molecule has 0 aromatic heterocycles. The number of hydrogen-bond acceptors (Lipinski definition) is 9. The molecule has 0 saturated carbocycles. The lowest BCUT2D eigenvalue weighted by Gasteiger charge is -2.51. The molecule has 3 aliphatic rings. The normalized spacial score (nSPS) is 29.2. The van der Waals surface area contributed by atoms with Gasteiger partial charge in [0.2, 0.25) is 0 Å². The smallest absolute Gasteiger partial charge is 0.254 e. The standard InChI is InChI=1S/C22H25FN4O6/c1-27(2)15-10-4-7-3-9-11(23)5-8(6-24)16(28)13(9)17(29)12(7)20(31)22(10,33)19(25)14(18(15)30)21(26)32/h5,7,10,15,25,28,30-31,33H,3-4,6,24H2,1-2H3,(H2,26,32)/t7-,10-,15-,22+/m0/s1. The van der Waals surface area contributed by atoms with Crippen molar-refractivity contribution < 1.29 is 34.4 Å². The number of carbonyl (C=O) groups excluding carboxylic acids is 2. The zero-order valence-corrected chi connectivity index (χ0v) is 18.0. The molecule has 0 aliphatic heterocycles. The number of ketones is 1. The van der Waals surface area contributed by atoms with Crippen LogP contribution in [0.1, 0.15) is 27.9 Å². The largest absolute Gasteiger partial charge is 0.510 e. The van der Waals surface area contributed by atoms with Crippen LogP contribution in [0.25, 0.3) is 0 Å². The van der Waals surface area contributed by atoms with Crippen LogP contribution in [-0.2, 0) is 17.8 Å².